The third-order valence-corrected chi connectivity index (χ3v) is 5.82. The molecule has 2 atom stereocenters. The van der Waals surface area contributed by atoms with Gasteiger partial charge < -0.3 is 25.0 Å². The molecule has 32 heavy (non-hydrogen) atoms. The van der Waals surface area contributed by atoms with Gasteiger partial charge in [0.05, 0.1) is 13.7 Å². The molecular formula is C22H24BrF2N3O4. The molecule has 172 valence electrons. The first kappa shape index (κ1) is 23.9. The molecule has 1 heterocycles. The Kier molecular flexibility index (Phi) is 8.03. The number of halogens is 3. The molecule has 3 rings (SSSR count). The van der Waals surface area contributed by atoms with Gasteiger partial charge in [-0.05, 0) is 24.3 Å². The highest BCUT2D eigenvalue weighted by atomic mass is 79.9. The molecular weight excluding hydrogens is 488 g/mol. The van der Waals surface area contributed by atoms with E-state index in [1.807, 2.05) is 0 Å². The first-order chi connectivity index (χ1) is 15.3. The number of amides is 3. The molecule has 2 aromatic carbocycles. The topological polar surface area (TPSA) is 79.9 Å². The van der Waals surface area contributed by atoms with Gasteiger partial charge in [0.1, 0.15) is 17.4 Å². The molecule has 2 unspecified atom stereocenters. The Balaban J connectivity index is 1.85. The van der Waals surface area contributed by atoms with Crippen molar-refractivity contribution >= 4 is 33.6 Å². The number of urea groups is 1. The van der Waals surface area contributed by atoms with E-state index in [2.05, 4.69) is 26.6 Å². The van der Waals surface area contributed by atoms with Crippen molar-refractivity contribution in [2.75, 3.05) is 39.2 Å². The number of hydrogen-bond acceptors (Lipinski definition) is 4. The van der Waals surface area contributed by atoms with E-state index in [0.717, 1.165) is 16.6 Å². The zero-order chi connectivity index (χ0) is 23.3. The Hall–Kier alpha value is -2.72. The lowest BCUT2D eigenvalue weighted by Gasteiger charge is -2.39. The van der Waals surface area contributed by atoms with Crippen LogP contribution in [0, 0.1) is 11.6 Å². The minimum Gasteiger partial charge on any atom is -0.497 e. The van der Waals surface area contributed by atoms with Gasteiger partial charge in [-0.2, -0.15) is 0 Å². The number of carbonyl (C=O) groups excluding carboxylic acids is 2. The zero-order valence-electron chi connectivity index (χ0n) is 17.7. The van der Waals surface area contributed by atoms with Gasteiger partial charge in [0.25, 0.3) is 0 Å². The van der Waals surface area contributed by atoms with E-state index in [1.165, 1.54) is 19.1 Å². The molecule has 7 nitrogen and oxygen atoms in total. The van der Waals surface area contributed by atoms with E-state index < -0.39 is 29.6 Å². The summed E-state index contributed by atoms with van der Waals surface area (Å²) in [6.45, 7) is 0.600. The summed E-state index contributed by atoms with van der Waals surface area (Å²) in [4.78, 5) is 26.7. The molecule has 0 aliphatic carbocycles. The van der Waals surface area contributed by atoms with Crippen LogP contribution in [0.3, 0.4) is 0 Å². The average molecular weight is 512 g/mol. The van der Waals surface area contributed by atoms with Gasteiger partial charge in [-0.3, -0.25) is 4.79 Å². The number of rotatable bonds is 7. The molecule has 0 spiro atoms. The molecule has 2 N–H and O–H groups in total. The Morgan fingerprint density at radius 1 is 1.19 bits per heavy atom. The summed E-state index contributed by atoms with van der Waals surface area (Å²) < 4.78 is 40.6. The van der Waals surface area contributed by atoms with Gasteiger partial charge in [-0.1, -0.05) is 15.9 Å². The number of nitrogens with one attached hydrogen (secondary N) is 2. The van der Waals surface area contributed by atoms with Crippen LogP contribution in [0.25, 0.3) is 0 Å². The van der Waals surface area contributed by atoms with E-state index in [4.69, 9.17) is 9.47 Å². The molecule has 10 heteroatoms. The van der Waals surface area contributed by atoms with Crippen LogP contribution in [-0.2, 0) is 9.53 Å². The monoisotopic (exact) mass is 511 g/mol. The average Bonchev–Trinajstić information content (AvgIpc) is 2.75. The predicted molar refractivity (Wildman–Crippen MR) is 119 cm³/mol. The molecule has 2 aromatic rings. The lowest BCUT2D eigenvalue weighted by atomic mass is 9.84. The molecule has 1 saturated heterocycles. The van der Waals surface area contributed by atoms with Crippen molar-refractivity contribution in [1.82, 2.24) is 10.2 Å². The van der Waals surface area contributed by atoms with Crippen LogP contribution in [0.2, 0.25) is 0 Å². The van der Waals surface area contributed by atoms with Crippen molar-refractivity contribution in [1.29, 1.82) is 0 Å². The van der Waals surface area contributed by atoms with Crippen molar-refractivity contribution in [3.05, 3.63) is 58.1 Å². The standard InChI is InChI=1S/C22H24BrF2N3O4/c1-31-8-7-28-12-16(21-17(24)9-15(32-2)10-18(21)25)19(11-20(28)29)27-22(30)26-14-5-3-13(23)4-6-14/h3-6,9-10,16,19H,7-8,11-12H2,1-2H3,(H2,26,27,30). The quantitative estimate of drug-likeness (QED) is 0.590. The summed E-state index contributed by atoms with van der Waals surface area (Å²) >= 11 is 3.32. The van der Waals surface area contributed by atoms with Crippen LogP contribution >= 0.6 is 15.9 Å². The zero-order valence-corrected chi connectivity index (χ0v) is 19.2. The van der Waals surface area contributed by atoms with Crippen molar-refractivity contribution < 1.29 is 27.8 Å². The summed E-state index contributed by atoms with van der Waals surface area (Å²) in [5, 5.41) is 5.39. The van der Waals surface area contributed by atoms with Crippen molar-refractivity contribution in [3.8, 4) is 5.75 Å². The van der Waals surface area contributed by atoms with Crippen LogP contribution in [0.4, 0.5) is 19.3 Å². The SMILES string of the molecule is COCCN1CC(c2c(F)cc(OC)cc2F)C(NC(=O)Nc2ccc(Br)cc2)CC1=O. The molecule has 0 radical (unpaired) electrons. The summed E-state index contributed by atoms with van der Waals surface area (Å²) in [5.74, 6) is -2.59. The number of benzene rings is 2. The van der Waals surface area contributed by atoms with Crippen molar-refractivity contribution in [2.24, 2.45) is 0 Å². The number of methoxy groups -OCH3 is 2. The van der Waals surface area contributed by atoms with Gasteiger partial charge in [0, 0.05) is 66.4 Å². The number of piperidine rings is 1. The fraction of sp³-hybridized carbons (Fsp3) is 0.364. The first-order valence-corrected chi connectivity index (χ1v) is 10.7. The maximum absolute atomic E-state index is 14.9. The minimum absolute atomic E-state index is 0.0333. The van der Waals surface area contributed by atoms with Crippen LogP contribution < -0.4 is 15.4 Å². The smallest absolute Gasteiger partial charge is 0.319 e. The highest BCUT2D eigenvalue weighted by molar-refractivity contribution is 9.10. The molecule has 0 bridgehead atoms. The maximum Gasteiger partial charge on any atom is 0.319 e. The van der Waals surface area contributed by atoms with Gasteiger partial charge in [0.15, 0.2) is 0 Å². The molecule has 3 amide bonds. The third-order valence-electron chi connectivity index (χ3n) is 5.29. The van der Waals surface area contributed by atoms with Gasteiger partial charge in [-0.15, -0.1) is 0 Å². The van der Waals surface area contributed by atoms with E-state index in [1.54, 1.807) is 24.3 Å². The third kappa shape index (κ3) is 5.74. The molecule has 0 aromatic heterocycles. The number of carbonyl (C=O) groups is 2. The van der Waals surface area contributed by atoms with Gasteiger partial charge in [-0.25, -0.2) is 13.6 Å². The van der Waals surface area contributed by atoms with Crippen molar-refractivity contribution in [2.45, 2.75) is 18.4 Å². The van der Waals surface area contributed by atoms with Crippen LogP contribution in [0.5, 0.6) is 5.75 Å². The van der Waals surface area contributed by atoms with Gasteiger partial charge >= 0.3 is 6.03 Å². The second-order valence-corrected chi connectivity index (χ2v) is 8.28. The number of ether oxygens (including phenoxy) is 2. The van der Waals surface area contributed by atoms with Crippen LogP contribution in [0.1, 0.15) is 17.9 Å². The Labute approximate surface area is 193 Å². The predicted octanol–water partition coefficient (Wildman–Crippen LogP) is 3.89. The van der Waals surface area contributed by atoms with Gasteiger partial charge in [0.2, 0.25) is 5.91 Å². The number of likely N-dealkylation sites (tertiary alicyclic amines) is 1. The maximum atomic E-state index is 14.9. The van der Waals surface area contributed by atoms with E-state index in [9.17, 15) is 18.4 Å². The first-order valence-electron chi connectivity index (χ1n) is 9.95. The van der Waals surface area contributed by atoms with Crippen LogP contribution in [-0.4, -0.2) is 56.8 Å². The largest absolute Gasteiger partial charge is 0.497 e. The van der Waals surface area contributed by atoms with E-state index in [0.29, 0.717) is 5.69 Å². The fourth-order valence-electron chi connectivity index (χ4n) is 3.69. The molecule has 1 aliphatic heterocycles. The number of hydrogen-bond donors (Lipinski definition) is 2. The van der Waals surface area contributed by atoms with Crippen molar-refractivity contribution in [3.63, 3.8) is 0 Å². The lowest BCUT2D eigenvalue weighted by Crippen LogP contribution is -2.54. The molecule has 1 fully saturated rings. The molecule has 0 saturated carbocycles. The lowest BCUT2D eigenvalue weighted by molar-refractivity contribution is -0.135. The summed E-state index contributed by atoms with van der Waals surface area (Å²) in [7, 11) is 2.82. The minimum atomic E-state index is -0.811. The van der Waals surface area contributed by atoms with E-state index >= 15 is 0 Å². The van der Waals surface area contributed by atoms with Crippen LogP contribution in [0.15, 0.2) is 40.9 Å². The number of anilines is 1. The fourth-order valence-corrected chi connectivity index (χ4v) is 3.95. The summed E-state index contributed by atoms with van der Waals surface area (Å²) in [6, 6.07) is 7.71. The highest BCUT2D eigenvalue weighted by Crippen LogP contribution is 2.34. The molecule has 1 aliphatic rings. The Morgan fingerprint density at radius 2 is 1.84 bits per heavy atom. The Morgan fingerprint density at radius 3 is 2.44 bits per heavy atom. The Bertz CT molecular complexity index is 951. The highest BCUT2D eigenvalue weighted by Gasteiger charge is 2.38. The number of nitrogens with zero attached hydrogens (tertiary/aromatic N) is 1. The van der Waals surface area contributed by atoms with E-state index in [-0.39, 0.29) is 43.3 Å². The normalized spacial score (nSPS) is 18.4. The second-order valence-electron chi connectivity index (χ2n) is 7.36. The summed E-state index contributed by atoms with van der Waals surface area (Å²) in [5.41, 5.74) is 0.336. The summed E-state index contributed by atoms with van der Waals surface area (Å²) in [6.07, 6.45) is -0.104. The second kappa shape index (κ2) is 10.7.